The highest BCUT2D eigenvalue weighted by atomic mass is 31.2. The zero-order chi connectivity index (χ0) is 25.2. The number of ether oxygens (including phenoxy) is 2. The van der Waals surface area contributed by atoms with E-state index in [0.717, 1.165) is 12.8 Å². The molecule has 0 aliphatic rings. The number of phosphoric acid groups is 1. The van der Waals surface area contributed by atoms with Crippen molar-refractivity contribution in [2.75, 3.05) is 47.5 Å². The Kier molecular flexibility index (Phi) is 17.8. The third-order valence-corrected chi connectivity index (χ3v) is 5.93. The first-order chi connectivity index (χ1) is 15.4. The molecule has 0 heterocycles. The maximum atomic E-state index is 12.2. The zero-order valence-corrected chi connectivity index (χ0v) is 22.3. The molecule has 2 unspecified atom stereocenters. The number of rotatable bonds is 21. The quantitative estimate of drug-likeness (QED) is 0.106. The molecule has 0 aromatic carbocycles. The first-order valence-corrected chi connectivity index (χ1v) is 13.7. The fourth-order valence-corrected chi connectivity index (χ4v) is 3.71. The Morgan fingerprint density at radius 3 is 1.94 bits per heavy atom. The van der Waals surface area contributed by atoms with Gasteiger partial charge in [0.05, 0.1) is 27.7 Å². The van der Waals surface area contributed by atoms with E-state index in [1.165, 1.54) is 51.9 Å². The predicted molar refractivity (Wildman–Crippen MR) is 128 cm³/mol. The number of esters is 2. The monoisotopic (exact) mass is 496 g/mol. The van der Waals surface area contributed by atoms with Crippen molar-refractivity contribution in [1.29, 1.82) is 0 Å². The van der Waals surface area contributed by atoms with E-state index in [2.05, 4.69) is 6.92 Å². The molecule has 0 radical (unpaired) electrons. The molecule has 0 saturated heterocycles. The maximum Gasteiger partial charge on any atom is 0.472 e. The van der Waals surface area contributed by atoms with E-state index in [-0.39, 0.29) is 19.6 Å². The number of quaternary nitrogens is 1. The van der Waals surface area contributed by atoms with Gasteiger partial charge in [-0.05, 0) is 6.42 Å². The lowest BCUT2D eigenvalue weighted by Gasteiger charge is -2.24. The van der Waals surface area contributed by atoms with Gasteiger partial charge in [-0.15, -0.1) is 0 Å². The van der Waals surface area contributed by atoms with Crippen LogP contribution in [0.2, 0.25) is 0 Å². The van der Waals surface area contributed by atoms with Crippen molar-refractivity contribution in [3.63, 3.8) is 0 Å². The van der Waals surface area contributed by atoms with E-state index in [9.17, 15) is 19.0 Å². The van der Waals surface area contributed by atoms with Gasteiger partial charge < -0.3 is 18.9 Å². The minimum atomic E-state index is -4.31. The highest BCUT2D eigenvalue weighted by Crippen LogP contribution is 2.43. The molecule has 0 saturated carbocycles. The van der Waals surface area contributed by atoms with Gasteiger partial charge >= 0.3 is 19.8 Å². The molecule has 0 aromatic rings. The smallest absolute Gasteiger partial charge is 0.462 e. The van der Waals surface area contributed by atoms with Crippen LogP contribution in [-0.4, -0.2) is 74.9 Å². The van der Waals surface area contributed by atoms with Crippen molar-refractivity contribution < 1.29 is 42.1 Å². The summed E-state index contributed by atoms with van der Waals surface area (Å²) in [5.74, 6) is -0.994. The molecule has 0 bridgehead atoms. The topological polar surface area (TPSA) is 108 Å². The van der Waals surface area contributed by atoms with Gasteiger partial charge in [-0.25, -0.2) is 4.57 Å². The fraction of sp³-hybridized carbons (Fsp3) is 0.913. The predicted octanol–water partition coefficient (Wildman–Crippen LogP) is 4.61. The van der Waals surface area contributed by atoms with E-state index in [4.69, 9.17) is 18.5 Å². The third kappa shape index (κ3) is 22.6. The van der Waals surface area contributed by atoms with Gasteiger partial charge in [0.15, 0.2) is 6.10 Å². The van der Waals surface area contributed by atoms with Crippen LogP contribution in [0.1, 0.15) is 84.5 Å². The Morgan fingerprint density at radius 1 is 0.879 bits per heavy atom. The zero-order valence-electron chi connectivity index (χ0n) is 21.4. The van der Waals surface area contributed by atoms with E-state index < -0.39 is 32.5 Å². The number of likely N-dealkylation sites (N-methyl/N-ethyl adjacent to an activating group) is 1. The Bertz CT molecular complexity index is 579. The lowest BCUT2D eigenvalue weighted by molar-refractivity contribution is -0.870. The van der Waals surface area contributed by atoms with Crippen LogP contribution in [0.4, 0.5) is 0 Å². The number of unbranched alkanes of at least 4 members (excludes halogenated alkanes) is 9. The number of carbonyl (C=O) groups excluding carboxylic acids is 2. The molecule has 0 aliphatic heterocycles. The summed E-state index contributed by atoms with van der Waals surface area (Å²) in [6.07, 6.45) is 10.9. The normalized spacial score (nSPS) is 14.5. The van der Waals surface area contributed by atoms with Crippen LogP contribution >= 0.6 is 7.82 Å². The molecule has 0 aromatic heterocycles. The van der Waals surface area contributed by atoms with Gasteiger partial charge in [-0.1, -0.05) is 64.7 Å². The second kappa shape index (κ2) is 18.4. The van der Waals surface area contributed by atoms with Crippen LogP contribution < -0.4 is 0 Å². The summed E-state index contributed by atoms with van der Waals surface area (Å²) in [6, 6.07) is 0. The summed E-state index contributed by atoms with van der Waals surface area (Å²) in [7, 11) is 1.47. The number of nitrogens with zero attached hydrogens (tertiary/aromatic N) is 1. The Labute approximate surface area is 200 Å². The van der Waals surface area contributed by atoms with E-state index in [1.807, 2.05) is 21.1 Å². The molecular formula is C23H47NO8P+. The van der Waals surface area contributed by atoms with E-state index in [1.54, 1.807) is 0 Å². The largest absolute Gasteiger partial charge is 0.472 e. The molecule has 196 valence electrons. The molecule has 0 fully saturated rings. The van der Waals surface area contributed by atoms with Crippen molar-refractivity contribution in [1.82, 2.24) is 0 Å². The SMILES string of the molecule is CCCCCCCCCCCCC(=O)OC(COC(C)=O)COP(=O)(O)OCC[N+](C)(C)C. The molecule has 0 amide bonds. The molecule has 1 N–H and O–H groups in total. The molecule has 0 spiro atoms. The molecule has 0 aliphatic carbocycles. The number of hydrogen-bond acceptors (Lipinski definition) is 7. The first kappa shape index (κ1) is 32.0. The summed E-state index contributed by atoms with van der Waals surface area (Å²) in [5, 5.41) is 0. The summed E-state index contributed by atoms with van der Waals surface area (Å²) < 4.78 is 32.7. The van der Waals surface area contributed by atoms with E-state index in [0.29, 0.717) is 17.4 Å². The lowest BCUT2D eigenvalue weighted by atomic mass is 10.1. The average Bonchev–Trinajstić information content (AvgIpc) is 2.70. The average molecular weight is 497 g/mol. The van der Waals surface area contributed by atoms with Crippen molar-refractivity contribution in [2.45, 2.75) is 90.6 Å². The number of phosphoric ester groups is 1. The molecular weight excluding hydrogens is 449 g/mol. The third-order valence-electron chi connectivity index (χ3n) is 4.95. The maximum absolute atomic E-state index is 12.2. The summed E-state index contributed by atoms with van der Waals surface area (Å²) >= 11 is 0. The standard InChI is InChI=1S/C23H46NO8P/c1-6-7-8-9-10-11-12-13-14-15-16-23(26)32-22(19-29-21(2)25)20-31-33(27,28)30-18-17-24(3,4)5/h22H,6-20H2,1-5H3/p+1. The highest BCUT2D eigenvalue weighted by molar-refractivity contribution is 7.47. The Morgan fingerprint density at radius 2 is 1.42 bits per heavy atom. The lowest BCUT2D eigenvalue weighted by Crippen LogP contribution is -2.37. The molecule has 9 nitrogen and oxygen atoms in total. The van der Waals surface area contributed by atoms with Crippen LogP contribution in [0.5, 0.6) is 0 Å². The van der Waals surface area contributed by atoms with Gasteiger partial charge in [0.1, 0.15) is 19.8 Å². The summed E-state index contributed by atoms with van der Waals surface area (Å²) in [5.41, 5.74) is 0. The minimum absolute atomic E-state index is 0.0322. The molecule has 10 heteroatoms. The number of carbonyl (C=O) groups is 2. The van der Waals surface area contributed by atoms with Gasteiger partial charge in [0, 0.05) is 13.3 Å². The van der Waals surface area contributed by atoms with Crippen molar-refractivity contribution >= 4 is 19.8 Å². The van der Waals surface area contributed by atoms with E-state index >= 15 is 0 Å². The number of hydrogen-bond donors (Lipinski definition) is 1. The first-order valence-electron chi connectivity index (χ1n) is 12.2. The van der Waals surface area contributed by atoms with Gasteiger partial charge in [0.2, 0.25) is 0 Å². The van der Waals surface area contributed by atoms with Crippen LogP contribution in [0.25, 0.3) is 0 Å². The minimum Gasteiger partial charge on any atom is -0.462 e. The Hall–Kier alpha value is -0.990. The molecule has 0 rings (SSSR count). The van der Waals surface area contributed by atoms with Crippen LogP contribution in [0, 0.1) is 0 Å². The second-order valence-electron chi connectivity index (χ2n) is 9.46. The van der Waals surface area contributed by atoms with Crippen LogP contribution in [0.3, 0.4) is 0 Å². The fourth-order valence-electron chi connectivity index (χ4n) is 2.97. The highest BCUT2D eigenvalue weighted by Gasteiger charge is 2.26. The van der Waals surface area contributed by atoms with Gasteiger partial charge in [-0.3, -0.25) is 18.6 Å². The van der Waals surface area contributed by atoms with Gasteiger partial charge in [-0.2, -0.15) is 0 Å². The van der Waals surface area contributed by atoms with Crippen molar-refractivity contribution in [3.05, 3.63) is 0 Å². The second-order valence-corrected chi connectivity index (χ2v) is 10.9. The molecule has 33 heavy (non-hydrogen) atoms. The Balaban J connectivity index is 4.22. The van der Waals surface area contributed by atoms with Crippen LogP contribution in [-0.2, 0) is 32.7 Å². The van der Waals surface area contributed by atoms with Crippen molar-refractivity contribution in [3.8, 4) is 0 Å². The summed E-state index contributed by atoms with van der Waals surface area (Å²) in [6.45, 7) is 3.33. The summed E-state index contributed by atoms with van der Waals surface area (Å²) in [4.78, 5) is 33.1. The van der Waals surface area contributed by atoms with Crippen molar-refractivity contribution in [2.24, 2.45) is 0 Å². The van der Waals surface area contributed by atoms with Crippen LogP contribution in [0.15, 0.2) is 0 Å². The van der Waals surface area contributed by atoms with Gasteiger partial charge in [0.25, 0.3) is 0 Å². The molecule has 2 atom stereocenters.